The molecule has 0 aromatic rings. The summed E-state index contributed by atoms with van der Waals surface area (Å²) in [5.74, 6) is -2.50. The Morgan fingerprint density at radius 1 is 1.25 bits per heavy atom. The summed E-state index contributed by atoms with van der Waals surface area (Å²) in [6.45, 7) is 20.0. The summed E-state index contributed by atoms with van der Waals surface area (Å²) in [6, 6.07) is -1.48. The molecule has 36 heavy (non-hydrogen) atoms. The summed E-state index contributed by atoms with van der Waals surface area (Å²) in [7, 11) is 0. The summed E-state index contributed by atoms with van der Waals surface area (Å²) >= 11 is 0. The van der Waals surface area contributed by atoms with Crippen molar-refractivity contribution in [3.05, 3.63) is 0 Å². The zero-order valence-corrected chi connectivity index (χ0v) is 23.9. The number of fused-ring (bicyclic) bond motifs is 1. The standard InChI is InChI=1S/C28H48N2O6/c1-11-35-24(34)20-19-23(33)30(18(14-31)12-16(2)3)21(28(19)13-17(4)27(20,10)36-28)22(32)29-26(8,9)15-25(5,6)7/h16-21,31H,11-15H2,1-10H3,(H,29,32)/t17?,18-,19+,20-,21?,27+,28?/m1/s1. The van der Waals surface area contributed by atoms with Crippen molar-refractivity contribution in [3.63, 3.8) is 0 Å². The number of aliphatic hydroxyl groups excluding tert-OH is 1. The van der Waals surface area contributed by atoms with E-state index < -0.39 is 46.6 Å². The van der Waals surface area contributed by atoms with Gasteiger partial charge in [-0.15, -0.1) is 0 Å². The number of esters is 1. The molecule has 3 rings (SSSR count). The zero-order chi connectivity index (χ0) is 27.4. The van der Waals surface area contributed by atoms with Crippen molar-refractivity contribution in [2.75, 3.05) is 13.2 Å². The Kier molecular flexibility index (Phi) is 7.68. The first-order valence-electron chi connectivity index (χ1n) is 13.6. The molecule has 3 fully saturated rings. The molecule has 3 saturated heterocycles. The number of hydrogen-bond donors (Lipinski definition) is 2. The average molecular weight is 509 g/mol. The lowest BCUT2D eigenvalue weighted by molar-refractivity contribution is -0.162. The predicted molar refractivity (Wildman–Crippen MR) is 137 cm³/mol. The second kappa shape index (κ2) is 9.57. The van der Waals surface area contributed by atoms with Crippen LogP contribution >= 0.6 is 0 Å². The van der Waals surface area contributed by atoms with Gasteiger partial charge in [0.15, 0.2) is 0 Å². The highest BCUT2D eigenvalue weighted by Crippen LogP contribution is 2.65. The number of nitrogens with zero attached hydrogens (tertiary/aromatic N) is 1. The van der Waals surface area contributed by atoms with Crippen LogP contribution in [0.4, 0.5) is 0 Å². The lowest BCUT2D eigenvalue weighted by Crippen LogP contribution is -2.61. The minimum Gasteiger partial charge on any atom is -0.466 e. The van der Waals surface area contributed by atoms with Crippen molar-refractivity contribution in [2.24, 2.45) is 29.1 Å². The van der Waals surface area contributed by atoms with Gasteiger partial charge in [-0.3, -0.25) is 14.4 Å². The first kappa shape index (κ1) is 28.9. The lowest BCUT2D eigenvalue weighted by Gasteiger charge is -2.40. The van der Waals surface area contributed by atoms with Gasteiger partial charge >= 0.3 is 5.97 Å². The van der Waals surface area contributed by atoms with Crippen molar-refractivity contribution in [2.45, 2.75) is 117 Å². The van der Waals surface area contributed by atoms with Gasteiger partial charge in [-0.2, -0.15) is 0 Å². The van der Waals surface area contributed by atoms with Crippen molar-refractivity contribution in [3.8, 4) is 0 Å². The number of carbonyl (C=O) groups excluding carboxylic acids is 3. The van der Waals surface area contributed by atoms with Crippen molar-refractivity contribution in [1.82, 2.24) is 10.2 Å². The normalized spacial score (nSPS) is 34.8. The van der Waals surface area contributed by atoms with Crippen molar-refractivity contribution in [1.29, 1.82) is 0 Å². The van der Waals surface area contributed by atoms with Crippen LogP contribution in [0.1, 0.15) is 88.5 Å². The van der Waals surface area contributed by atoms with E-state index in [-0.39, 0.29) is 42.3 Å². The molecule has 0 aliphatic carbocycles. The maximum absolute atomic E-state index is 14.2. The number of likely N-dealkylation sites (tertiary alicyclic amines) is 1. The van der Waals surface area contributed by atoms with E-state index in [1.54, 1.807) is 11.8 Å². The molecule has 206 valence electrons. The monoisotopic (exact) mass is 508 g/mol. The van der Waals surface area contributed by atoms with Gasteiger partial charge in [-0.1, -0.05) is 41.5 Å². The number of amides is 2. The van der Waals surface area contributed by atoms with Crippen LogP contribution in [0.2, 0.25) is 0 Å². The summed E-state index contributed by atoms with van der Waals surface area (Å²) in [6.07, 6.45) is 1.76. The van der Waals surface area contributed by atoms with Crippen LogP contribution in [0.25, 0.3) is 0 Å². The van der Waals surface area contributed by atoms with E-state index in [1.165, 1.54) is 0 Å². The van der Waals surface area contributed by atoms with E-state index in [9.17, 15) is 19.5 Å². The fourth-order valence-corrected chi connectivity index (χ4v) is 7.55. The van der Waals surface area contributed by atoms with E-state index >= 15 is 0 Å². The molecule has 3 unspecified atom stereocenters. The summed E-state index contributed by atoms with van der Waals surface area (Å²) in [4.78, 5) is 43.1. The topological polar surface area (TPSA) is 105 Å². The number of nitrogens with one attached hydrogen (secondary N) is 1. The molecule has 0 radical (unpaired) electrons. The highest BCUT2D eigenvalue weighted by molar-refractivity contribution is 5.99. The minimum atomic E-state index is -1.14. The van der Waals surface area contributed by atoms with Gasteiger partial charge in [0.25, 0.3) is 0 Å². The molecule has 0 saturated carbocycles. The third-order valence-electron chi connectivity index (χ3n) is 8.32. The zero-order valence-electron chi connectivity index (χ0n) is 23.9. The Bertz CT molecular complexity index is 880. The lowest BCUT2D eigenvalue weighted by atomic mass is 9.62. The highest BCUT2D eigenvalue weighted by atomic mass is 16.6. The number of ether oxygens (including phenoxy) is 2. The molecule has 1 spiro atoms. The van der Waals surface area contributed by atoms with Crippen molar-refractivity contribution >= 4 is 17.8 Å². The Morgan fingerprint density at radius 3 is 2.36 bits per heavy atom. The molecule has 0 aromatic carbocycles. The molecule has 3 heterocycles. The predicted octanol–water partition coefficient (Wildman–Crippen LogP) is 3.30. The average Bonchev–Trinajstić information content (AvgIpc) is 3.21. The van der Waals surface area contributed by atoms with Crippen LogP contribution in [0.15, 0.2) is 0 Å². The van der Waals surface area contributed by atoms with E-state index in [1.807, 2.05) is 41.5 Å². The second-order valence-electron chi connectivity index (χ2n) is 13.8. The van der Waals surface area contributed by atoms with E-state index in [0.717, 1.165) is 6.42 Å². The quantitative estimate of drug-likeness (QED) is 0.463. The van der Waals surface area contributed by atoms with Gasteiger partial charge < -0.3 is 24.8 Å². The Hall–Kier alpha value is -1.67. The molecule has 8 heteroatoms. The Labute approximate surface area is 216 Å². The van der Waals surface area contributed by atoms with Crippen LogP contribution in [-0.2, 0) is 23.9 Å². The number of carbonyl (C=O) groups is 3. The van der Waals surface area contributed by atoms with Gasteiger partial charge in [-0.05, 0) is 64.2 Å². The molecule has 8 nitrogen and oxygen atoms in total. The molecule has 3 aliphatic rings. The van der Waals surface area contributed by atoms with Crippen molar-refractivity contribution < 1.29 is 29.0 Å². The van der Waals surface area contributed by atoms with Gasteiger partial charge in [-0.25, -0.2) is 0 Å². The molecule has 0 aromatic heterocycles. The molecule has 7 atom stereocenters. The van der Waals surface area contributed by atoms with Gasteiger partial charge in [0.1, 0.15) is 17.6 Å². The molecule has 2 N–H and O–H groups in total. The van der Waals surface area contributed by atoms with Crippen LogP contribution in [0, 0.1) is 29.1 Å². The molecule has 3 aliphatic heterocycles. The van der Waals surface area contributed by atoms with Crippen LogP contribution in [0.3, 0.4) is 0 Å². The number of hydrogen-bond acceptors (Lipinski definition) is 6. The minimum absolute atomic E-state index is 0.0205. The smallest absolute Gasteiger partial charge is 0.312 e. The first-order valence-corrected chi connectivity index (χ1v) is 13.6. The largest absolute Gasteiger partial charge is 0.466 e. The first-order chi connectivity index (χ1) is 16.4. The van der Waals surface area contributed by atoms with Crippen LogP contribution < -0.4 is 5.32 Å². The maximum Gasteiger partial charge on any atom is 0.312 e. The van der Waals surface area contributed by atoms with E-state index in [0.29, 0.717) is 12.8 Å². The van der Waals surface area contributed by atoms with Gasteiger partial charge in [0.2, 0.25) is 11.8 Å². The Balaban J connectivity index is 2.11. The summed E-state index contributed by atoms with van der Waals surface area (Å²) < 4.78 is 12.1. The molecular formula is C28H48N2O6. The highest BCUT2D eigenvalue weighted by Gasteiger charge is 2.80. The van der Waals surface area contributed by atoms with Crippen LogP contribution in [-0.4, -0.2) is 69.8 Å². The fourth-order valence-electron chi connectivity index (χ4n) is 7.55. The van der Waals surface area contributed by atoms with E-state index in [2.05, 4.69) is 26.1 Å². The maximum atomic E-state index is 14.2. The third-order valence-corrected chi connectivity index (χ3v) is 8.32. The fraction of sp³-hybridized carbons (Fsp3) is 0.893. The van der Waals surface area contributed by atoms with Gasteiger partial charge in [0, 0.05) is 5.54 Å². The summed E-state index contributed by atoms with van der Waals surface area (Å²) in [5, 5.41) is 13.6. The molecule has 2 amide bonds. The third kappa shape index (κ3) is 4.80. The summed E-state index contributed by atoms with van der Waals surface area (Å²) in [5.41, 5.74) is -2.59. The number of rotatable bonds is 9. The second-order valence-corrected chi connectivity index (χ2v) is 13.8. The van der Waals surface area contributed by atoms with Crippen LogP contribution in [0.5, 0.6) is 0 Å². The van der Waals surface area contributed by atoms with E-state index in [4.69, 9.17) is 9.47 Å². The SMILES string of the molecule is CCOC(=O)[C@H]1[C@H]2C(=O)N([C@@H](CO)CC(C)C)C(C(=O)NC(C)(C)CC(C)(C)C)C23CC(C)[C@]1(C)O3. The number of aliphatic hydroxyl groups is 1. The molecule has 2 bridgehead atoms. The van der Waals surface area contributed by atoms with Gasteiger partial charge in [0.05, 0.1) is 30.8 Å². The molecular weight excluding hydrogens is 460 g/mol. The Morgan fingerprint density at radius 2 is 1.86 bits per heavy atom.